The maximum absolute atomic E-state index is 12.7. The van der Waals surface area contributed by atoms with Crippen LogP contribution in [-0.2, 0) is 9.59 Å². The third-order valence-electron chi connectivity index (χ3n) is 4.31. The number of nitrogens with zero attached hydrogens (tertiary/aromatic N) is 1. The SMILES string of the molecule is COc1ccc([C@H](C)NCC(=O)N2CC(=O)Nc3ccccc32)cc1Br. The summed E-state index contributed by atoms with van der Waals surface area (Å²) in [4.78, 5) is 26.0. The monoisotopic (exact) mass is 417 g/mol. The van der Waals surface area contributed by atoms with E-state index in [9.17, 15) is 9.59 Å². The van der Waals surface area contributed by atoms with Gasteiger partial charge in [0.15, 0.2) is 0 Å². The maximum Gasteiger partial charge on any atom is 0.244 e. The minimum absolute atomic E-state index is 0.0278. The Hall–Kier alpha value is -2.38. The quantitative estimate of drug-likeness (QED) is 0.783. The molecule has 0 spiro atoms. The number of hydrogen-bond acceptors (Lipinski definition) is 4. The van der Waals surface area contributed by atoms with Crippen LogP contribution in [0, 0.1) is 0 Å². The Bertz CT molecular complexity index is 841. The molecule has 2 N–H and O–H groups in total. The Morgan fingerprint density at radius 1 is 1.35 bits per heavy atom. The van der Waals surface area contributed by atoms with E-state index in [1.54, 1.807) is 13.2 Å². The van der Waals surface area contributed by atoms with Gasteiger partial charge in [0.1, 0.15) is 12.3 Å². The van der Waals surface area contributed by atoms with Crippen molar-refractivity contribution in [2.45, 2.75) is 13.0 Å². The number of benzene rings is 2. The predicted octanol–water partition coefficient (Wildman–Crippen LogP) is 3.09. The van der Waals surface area contributed by atoms with E-state index in [0.29, 0.717) is 5.69 Å². The van der Waals surface area contributed by atoms with Crippen molar-refractivity contribution in [3.8, 4) is 5.75 Å². The van der Waals surface area contributed by atoms with E-state index in [1.165, 1.54) is 4.90 Å². The minimum atomic E-state index is -0.191. The molecule has 2 aromatic rings. The highest BCUT2D eigenvalue weighted by Crippen LogP contribution is 2.29. The molecule has 0 fully saturated rings. The fraction of sp³-hybridized carbons (Fsp3) is 0.263. The zero-order chi connectivity index (χ0) is 18.7. The Balaban J connectivity index is 1.67. The summed E-state index contributed by atoms with van der Waals surface area (Å²) in [5.41, 5.74) is 2.41. The topological polar surface area (TPSA) is 70.7 Å². The van der Waals surface area contributed by atoms with Crippen LogP contribution in [0.3, 0.4) is 0 Å². The number of anilines is 2. The van der Waals surface area contributed by atoms with Crippen LogP contribution in [-0.4, -0.2) is 32.0 Å². The summed E-state index contributed by atoms with van der Waals surface area (Å²) >= 11 is 3.47. The normalized spacial score (nSPS) is 14.4. The summed E-state index contributed by atoms with van der Waals surface area (Å²) < 4.78 is 6.09. The van der Waals surface area contributed by atoms with Gasteiger partial charge in [-0.15, -0.1) is 0 Å². The van der Waals surface area contributed by atoms with Crippen molar-refractivity contribution in [1.29, 1.82) is 0 Å². The molecule has 136 valence electrons. The second-order valence-electron chi connectivity index (χ2n) is 6.04. The van der Waals surface area contributed by atoms with E-state index in [-0.39, 0.29) is 30.9 Å². The molecule has 26 heavy (non-hydrogen) atoms. The van der Waals surface area contributed by atoms with Gasteiger partial charge >= 0.3 is 0 Å². The molecule has 0 aliphatic carbocycles. The van der Waals surface area contributed by atoms with Gasteiger partial charge in [-0.1, -0.05) is 18.2 Å². The van der Waals surface area contributed by atoms with Crippen LogP contribution in [0.1, 0.15) is 18.5 Å². The van der Waals surface area contributed by atoms with Crippen molar-refractivity contribution in [2.24, 2.45) is 0 Å². The van der Waals surface area contributed by atoms with Crippen LogP contribution >= 0.6 is 15.9 Å². The number of amides is 2. The van der Waals surface area contributed by atoms with Gasteiger partial charge in [-0.05, 0) is 52.7 Å². The number of halogens is 1. The summed E-state index contributed by atoms with van der Waals surface area (Å²) in [7, 11) is 1.62. The van der Waals surface area contributed by atoms with Crippen molar-refractivity contribution in [1.82, 2.24) is 5.32 Å². The lowest BCUT2D eigenvalue weighted by Crippen LogP contribution is -2.46. The van der Waals surface area contributed by atoms with Gasteiger partial charge in [0.2, 0.25) is 11.8 Å². The zero-order valence-electron chi connectivity index (χ0n) is 14.6. The first-order chi connectivity index (χ1) is 12.5. The van der Waals surface area contributed by atoms with Crippen molar-refractivity contribution >= 4 is 39.1 Å². The Morgan fingerprint density at radius 2 is 2.12 bits per heavy atom. The van der Waals surface area contributed by atoms with Crippen molar-refractivity contribution in [3.63, 3.8) is 0 Å². The number of rotatable bonds is 5. The molecule has 1 aliphatic rings. The molecule has 0 aromatic heterocycles. The van der Waals surface area contributed by atoms with Gasteiger partial charge in [0, 0.05) is 6.04 Å². The van der Waals surface area contributed by atoms with Crippen LogP contribution < -0.4 is 20.3 Å². The molecule has 2 aromatic carbocycles. The number of carbonyl (C=O) groups excluding carboxylic acids is 2. The number of para-hydroxylation sites is 2. The zero-order valence-corrected chi connectivity index (χ0v) is 16.2. The van der Waals surface area contributed by atoms with Crippen LogP contribution in [0.25, 0.3) is 0 Å². The minimum Gasteiger partial charge on any atom is -0.496 e. The first kappa shape index (κ1) is 18.4. The molecule has 0 radical (unpaired) electrons. The first-order valence-electron chi connectivity index (χ1n) is 8.25. The van der Waals surface area contributed by atoms with Gasteiger partial charge < -0.3 is 15.4 Å². The number of methoxy groups -OCH3 is 1. The third-order valence-corrected chi connectivity index (χ3v) is 4.93. The van der Waals surface area contributed by atoms with Gasteiger partial charge in [-0.2, -0.15) is 0 Å². The molecule has 1 atom stereocenters. The molecule has 6 nitrogen and oxygen atoms in total. The molecule has 2 amide bonds. The Labute approximate surface area is 160 Å². The van der Waals surface area contributed by atoms with E-state index in [4.69, 9.17) is 4.74 Å². The average molecular weight is 418 g/mol. The number of ether oxygens (including phenoxy) is 1. The molecule has 0 unspecified atom stereocenters. The summed E-state index contributed by atoms with van der Waals surface area (Å²) in [5.74, 6) is 0.420. The summed E-state index contributed by atoms with van der Waals surface area (Å²) in [6.45, 7) is 2.14. The number of carbonyl (C=O) groups is 2. The predicted molar refractivity (Wildman–Crippen MR) is 105 cm³/mol. The van der Waals surface area contributed by atoms with Crippen LogP contribution in [0.4, 0.5) is 11.4 Å². The lowest BCUT2D eigenvalue weighted by molar-refractivity contribution is -0.121. The number of hydrogen-bond donors (Lipinski definition) is 2. The highest BCUT2D eigenvalue weighted by Gasteiger charge is 2.26. The second kappa shape index (κ2) is 7.88. The Kier molecular flexibility index (Phi) is 5.58. The maximum atomic E-state index is 12.7. The van der Waals surface area contributed by atoms with E-state index in [0.717, 1.165) is 21.5 Å². The molecular formula is C19H20BrN3O3. The van der Waals surface area contributed by atoms with Crippen LogP contribution in [0.15, 0.2) is 46.9 Å². The average Bonchev–Trinajstić information content (AvgIpc) is 2.65. The standard InChI is InChI=1S/C19H20BrN3O3/c1-12(13-7-8-17(26-2)14(20)9-13)21-10-19(25)23-11-18(24)22-15-5-3-4-6-16(15)23/h3-9,12,21H,10-11H2,1-2H3,(H,22,24)/t12-/m0/s1. The summed E-state index contributed by atoms with van der Waals surface area (Å²) in [5, 5.41) is 6.00. The van der Waals surface area contributed by atoms with Crippen molar-refractivity contribution in [3.05, 3.63) is 52.5 Å². The number of fused-ring (bicyclic) bond motifs is 1. The molecule has 0 saturated carbocycles. The van der Waals surface area contributed by atoms with E-state index in [1.807, 2.05) is 43.3 Å². The molecular weight excluding hydrogens is 398 g/mol. The van der Waals surface area contributed by atoms with E-state index >= 15 is 0 Å². The summed E-state index contributed by atoms with van der Waals surface area (Å²) in [6, 6.07) is 13.1. The lowest BCUT2D eigenvalue weighted by Gasteiger charge is -2.29. The van der Waals surface area contributed by atoms with Crippen molar-refractivity contribution < 1.29 is 14.3 Å². The van der Waals surface area contributed by atoms with Gasteiger partial charge in [0.05, 0.1) is 29.5 Å². The largest absolute Gasteiger partial charge is 0.496 e. The molecule has 0 saturated heterocycles. The Morgan fingerprint density at radius 3 is 2.85 bits per heavy atom. The smallest absolute Gasteiger partial charge is 0.244 e. The molecule has 1 aliphatic heterocycles. The third kappa shape index (κ3) is 3.89. The molecule has 0 bridgehead atoms. The van der Waals surface area contributed by atoms with Gasteiger partial charge in [0.25, 0.3) is 0 Å². The summed E-state index contributed by atoms with van der Waals surface area (Å²) in [6.07, 6.45) is 0. The molecule has 3 rings (SSSR count). The van der Waals surface area contributed by atoms with E-state index < -0.39 is 0 Å². The van der Waals surface area contributed by atoms with Gasteiger partial charge in [-0.3, -0.25) is 14.5 Å². The van der Waals surface area contributed by atoms with Gasteiger partial charge in [-0.25, -0.2) is 0 Å². The number of nitrogens with one attached hydrogen (secondary N) is 2. The first-order valence-corrected chi connectivity index (χ1v) is 9.05. The molecule has 7 heteroatoms. The second-order valence-corrected chi connectivity index (χ2v) is 6.90. The highest BCUT2D eigenvalue weighted by molar-refractivity contribution is 9.10. The van der Waals surface area contributed by atoms with Crippen molar-refractivity contribution in [2.75, 3.05) is 30.4 Å². The highest BCUT2D eigenvalue weighted by atomic mass is 79.9. The fourth-order valence-corrected chi connectivity index (χ4v) is 3.42. The lowest BCUT2D eigenvalue weighted by atomic mass is 10.1. The van der Waals surface area contributed by atoms with Crippen LogP contribution in [0.2, 0.25) is 0 Å². The van der Waals surface area contributed by atoms with E-state index in [2.05, 4.69) is 26.6 Å². The van der Waals surface area contributed by atoms with Crippen LogP contribution in [0.5, 0.6) is 5.75 Å². The molecule has 1 heterocycles. The fourth-order valence-electron chi connectivity index (χ4n) is 2.86.